The number of para-hydroxylation sites is 2. The maximum Gasteiger partial charge on any atom is 0.307 e. The molecule has 1 unspecified atom stereocenters. The van der Waals surface area contributed by atoms with Crippen LogP contribution in [-0.4, -0.2) is 20.0 Å². The highest BCUT2D eigenvalue weighted by molar-refractivity contribution is 7.84. The van der Waals surface area contributed by atoms with Gasteiger partial charge in [0, 0.05) is 39.6 Å². The van der Waals surface area contributed by atoms with Gasteiger partial charge in [-0.25, -0.2) is 8.93 Å². The summed E-state index contributed by atoms with van der Waals surface area (Å²) in [6, 6.07) is 19.0. The second-order valence-electron chi connectivity index (χ2n) is 10.1. The maximum atomic E-state index is 12.5. The fraction of sp³-hybridized carbons (Fsp3) is 0.233. The second kappa shape index (κ2) is 10.5. The molecule has 0 spiro atoms. The summed E-state index contributed by atoms with van der Waals surface area (Å²) in [6.07, 6.45) is 3.25. The summed E-state index contributed by atoms with van der Waals surface area (Å²) >= 11 is 0. The highest BCUT2D eigenvalue weighted by Crippen LogP contribution is 2.37. The fourth-order valence-corrected chi connectivity index (χ4v) is 5.08. The standard InChI is InChI=1S/C30H29NO6S/c1-30(2,3)38(34)31-16-22-18-37-29-23(22)8-6-9-24(29)25-14-19(13-21-11-12-35-28(21)25)17-36-26-10-5-4-7-20(26)15-27(32)33/h4-14,18,31H,15-17H2,1-3H3,(H,32,33). The van der Waals surface area contributed by atoms with E-state index in [9.17, 15) is 14.1 Å². The first-order valence-corrected chi connectivity index (χ1v) is 13.4. The van der Waals surface area contributed by atoms with E-state index in [1.165, 1.54) is 0 Å². The van der Waals surface area contributed by atoms with Gasteiger partial charge in [-0.1, -0.05) is 36.4 Å². The number of fused-ring (bicyclic) bond motifs is 2. The van der Waals surface area contributed by atoms with Gasteiger partial charge in [0.15, 0.2) is 0 Å². The normalized spacial score (nSPS) is 12.7. The van der Waals surface area contributed by atoms with Gasteiger partial charge in [0.2, 0.25) is 0 Å². The Balaban J connectivity index is 1.47. The van der Waals surface area contributed by atoms with Gasteiger partial charge >= 0.3 is 5.97 Å². The summed E-state index contributed by atoms with van der Waals surface area (Å²) < 4.78 is 33.2. The number of rotatable bonds is 9. The Morgan fingerprint density at radius 1 is 0.974 bits per heavy atom. The third-order valence-corrected chi connectivity index (χ3v) is 7.76. The molecule has 0 bridgehead atoms. The van der Waals surface area contributed by atoms with Crippen LogP contribution in [0.2, 0.25) is 0 Å². The molecule has 8 heteroatoms. The molecule has 2 N–H and O–H groups in total. The lowest BCUT2D eigenvalue weighted by Gasteiger charge is -2.17. The number of hydrogen-bond donors (Lipinski definition) is 2. The van der Waals surface area contributed by atoms with Crippen LogP contribution in [0.3, 0.4) is 0 Å². The zero-order valence-electron chi connectivity index (χ0n) is 21.4. The largest absolute Gasteiger partial charge is 0.489 e. The average molecular weight is 532 g/mol. The van der Waals surface area contributed by atoms with Crippen LogP contribution in [0.1, 0.15) is 37.5 Å². The minimum absolute atomic E-state index is 0.108. The van der Waals surface area contributed by atoms with E-state index in [4.69, 9.17) is 13.6 Å². The first kappa shape index (κ1) is 25.8. The zero-order chi connectivity index (χ0) is 26.9. The predicted molar refractivity (Wildman–Crippen MR) is 148 cm³/mol. The van der Waals surface area contributed by atoms with Gasteiger partial charge in [-0.2, -0.15) is 0 Å². The number of carboxylic acid groups (broad SMARTS) is 1. The van der Waals surface area contributed by atoms with Crippen molar-refractivity contribution in [1.82, 2.24) is 4.72 Å². The Kier molecular flexibility index (Phi) is 7.10. The van der Waals surface area contributed by atoms with Gasteiger partial charge in [-0.15, -0.1) is 0 Å². The number of furan rings is 2. The molecule has 0 radical (unpaired) electrons. The summed E-state index contributed by atoms with van der Waals surface area (Å²) in [5.74, 6) is -0.365. The number of benzene rings is 3. The molecule has 196 valence electrons. The number of ether oxygens (including phenoxy) is 1. The molecule has 5 rings (SSSR count). The summed E-state index contributed by atoms with van der Waals surface area (Å²) in [5, 5.41) is 11.1. The molecule has 5 aromatic rings. The van der Waals surface area contributed by atoms with Crippen molar-refractivity contribution >= 4 is 38.9 Å². The molecule has 0 saturated heterocycles. The van der Waals surface area contributed by atoms with Gasteiger partial charge in [-0.3, -0.25) is 4.79 Å². The van der Waals surface area contributed by atoms with E-state index in [2.05, 4.69) is 4.72 Å². The topological polar surface area (TPSA) is 102 Å². The minimum Gasteiger partial charge on any atom is -0.489 e. The average Bonchev–Trinajstić information content (AvgIpc) is 3.52. The number of aliphatic carboxylic acids is 1. The van der Waals surface area contributed by atoms with Crippen LogP contribution in [0.15, 0.2) is 82.0 Å². The Morgan fingerprint density at radius 2 is 1.79 bits per heavy atom. The summed E-state index contributed by atoms with van der Waals surface area (Å²) in [7, 11) is -1.20. The van der Waals surface area contributed by atoms with Crippen LogP contribution in [-0.2, 0) is 35.4 Å². The molecule has 0 fully saturated rings. The number of carboxylic acids is 1. The summed E-state index contributed by atoms with van der Waals surface area (Å²) in [5.41, 5.74) is 5.64. The van der Waals surface area contributed by atoms with E-state index in [1.54, 1.807) is 30.7 Å². The third-order valence-electron chi connectivity index (χ3n) is 6.24. The Hall–Kier alpha value is -3.88. The smallest absolute Gasteiger partial charge is 0.307 e. The van der Waals surface area contributed by atoms with E-state index in [0.29, 0.717) is 23.4 Å². The molecule has 2 heterocycles. The van der Waals surface area contributed by atoms with E-state index >= 15 is 0 Å². The van der Waals surface area contributed by atoms with Crippen molar-refractivity contribution in [1.29, 1.82) is 0 Å². The van der Waals surface area contributed by atoms with Gasteiger partial charge in [0.1, 0.15) is 23.5 Å². The third kappa shape index (κ3) is 5.37. The maximum absolute atomic E-state index is 12.5. The van der Waals surface area contributed by atoms with Crippen LogP contribution in [0.5, 0.6) is 5.75 Å². The monoisotopic (exact) mass is 531 g/mol. The van der Waals surface area contributed by atoms with Crippen molar-refractivity contribution < 1.29 is 27.7 Å². The van der Waals surface area contributed by atoms with E-state index in [0.717, 1.165) is 38.6 Å². The van der Waals surface area contributed by atoms with E-state index in [1.807, 2.05) is 63.2 Å². The molecule has 2 aromatic heterocycles. The first-order chi connectivity index (χ1) is 18.2. The molecule has 0 amide bonds. The molecule has 0 aliphatic rings. The van der Waals surface area contributed by atoms with Gasteiger partial charge in [0.25, 0.3) is 0 Å². The van der Waals surface area contributed by atoms with Crippen molar-refractivity contribution in [3.8, 4) is 16.9 Å². The lowest BCUT2D eigenvalue weighted by atomic mass is 9.98. The molecule has 1 atom stereocenters. The van der Waals surface area contributed by atoms with Crippen LogP contribution in [0.4, 0.5) is 0 Å². The summed E-state index contributed by atoms with van der Waals surface area (Å²) in [4.78, 5) is 11.2. The van der Waals surface area contributed by atoms with Crippen molar-refractivity contribution in [3.05, 3.63) is 89.9 Å². The van der Waals surface area contributed by atoms with Crippen molar-refractivity contribution in [2.24, 2.45) is 0 Å². The van der Waals surface area contributed by atoms with Crippen LogP contribution in [0.25, 0.3) is 33.1 Å². The zero-order valence-corrected chi connectivity index (χ0v) is 22.3. The fourth-order valence-electron chi connectivity index (χ4n) is 4.36. The molecule has 3 aromatic carbocycles. The highest BCUT2D eigenvalue weighted by Gasteiger charge is 2.21. The Labute approximate surface area is 223 Å². The van der Waals surface area contributed by atoms with Crippen LogP contribution < -0.4 is 9.46 Å². The van der Waals surface area contributed by atoms with Gasteiger partial charge < -0.3 is 18.7 Å². The molecule has 7 nitrogen and oxygen atoms in total. The molecular formula is C30H29NO6S. The first-order valence-electron chi connectivity index (χ1n) is 12.3. The lowest BCUT2D eigenvalue weighted by Crippen LogP contribution is -2.32. The predicted octanol–water partition coefficient (Wildman–Crippen LogP) is 6.60. The minimum atomic E-state index is -1.20. The van der Waals surface area contributed by atoms with Crippen molar-refractivity contribution in [2.45, 2.75) is 45.1 Å². The van der Waals surface area contributed by atoms with Crippen molar-refractivity contribution in [3.63, 3.8) is 0 Å². The number of nitrogens with one attached hydrogen (secondary N) is 1. The Bertz CT molecular complexity index is 1640. The molecule has 0 saturated carbocycles. The Morgan fingerprint density at radius 3 is 2.58 bits per heavy atom. The quantitative estimate of drug-likeness (QED) is 0.222. The molecule has 38 heavy (non-hydrogen) atoms. The van der Waals surface area contributed by atoms with Gasteiger partial charge in [-0.05, 0) is 50.6 Å². The SMILES string of the molecule is CC(C)(C)S(=O)NCc1coc2c(-c3cc(COc4ccccc4CC(=O)O)cc4ccoc34)cccc12. The molecule has 0 aliphatic heterocycles. The van der Waals surface area contributed by atoms with Crippen LogP contribution >= 0.6 is 0 Å². The number of hydrogen-bond acceptors (Lipinski definition) is 5. The lowest BCUT2D eigenvalue weighted by molar-refractivity contribution is -0.136. The van der Waals surface area contributed by atoms with E-state index in [-0.39, 0.29) is 17.8 Å². The molecular weight excluding hydrogens is 502 g/mol. The molecule has 0 aliphatic carbocycles. The van der Waals surface area contributed by atoms with E-state index < -0.39 is 17.0 Å². The van der Waals surface area contributed by atoms with Crippen LogP contribution in [0, 0.1) is 0 Å². The van der Waals surface area contributed by atoms with Gasteiger partial charge in [0.05, 0.1) is 34.7 Å². The van der Waals surface area contributed by atoms with Crippen molar-refractivity contribution in [2.75, 3.05) is 0 Å². The summed E-state index contributed by atoms with van der Waals surface area (Å²) in [6.45, 7) is 6.46. The second-order valence-corrected chi connectivity index (χ2v) is 12.1. The number of carbonyl (C=O) groups is 1. The highest BCUT2D eigenvalue weighted by atomic mass is 32.2.